The third-order valence-corrected chi connectivity index (χ3v) is 4.39. The van der Waals surface area contributed by atoms with Crippen molar-refractivity contribution in [1.82, 2.24) is 0 Å². The molecule has 3 N–H and O–H groups in total. The van der Waals surface area contributed by atoms with E-state index in [9.17, 15) is 15.3 Å². The zero-order valence-electron chi connectivity index (χ0n) is 14.3. The summed E-state index contributed by atoms with van der Waals surface area (Å²) in [6.07, 6.45) is -5.10. The van der Waals surface area contributed by atoms with Gasteiger partial charge < -0.3 is 29.5 Å². The highest BCUT2D eigenvalue weighted by molar-refractivity contribution is 5.14. The lowest BCUT2D eigenvalue weighted by molar-refractivity contribution is -0.306. The van der Waals surface area contributed by atoms with Gasteiger partial charge in [-0.2, -0.15) is 0 Å². The van der Waals surface area contributed by atoms with Crippen molar-refractivity contribution in [2.45, 2.75) is 43.9 Å². The Morgan fingerprint density at radius 2 is 1.27 bits per heavy atom. The molecule has 0 radical (unpaired) electrons. The van der Waals surface area contributed by atoms with E-state index in [1.807, 2.05) is 60.7 Å². The predicted octanol–water partition coefficient (Wildman–Crippen LogP) is 1.23. The lowest BCUT2D eigenvalue weighted by Gasteiger charge is -2.41. The van der Waals surface area contributed by atoms with Gasteiger partial charge in [-0.05, 0) is 11.1 Å². The van der Waals surface area contributed by atoms with Gasteiger partial charge in [0.1, 0.15) is 24.4 Å². The summed E-state index contributed by atoms with van der Waals surface area (Å²) in [7, 11) is 0. The number of aliphatic hydroxyl groups excluding tert-OH is 3. The molecule has 6 heteroatoms. The van der Waals surface area contributed by atoms with E-state index in [1.165, 1.54) is 0 Å². The molecule has 1 heterocycles. The van der Waals surface area contributed by atoms with Gasteiger partial charge in [0.15, 0.2) is 6.29 Å². The molecule has 0 saturated carbocycles. The number of hydrogen-bond acceptors (Lipinski definition) is 6. The molecule has 140 valence electrons. The van der Waals surface area contributed by atoms with E-state index >= 15 is 0 Å². The molecule has 0 aromatic heterocycles. The molecule has 3 rings (SSSR count). The van der Waals surface area contributed by atoms with Crippen LogP contribution in [0.3, 0.4) is 0 Å². The zero-order chi connectivity index (χ0) is 18.4. The molecule has 0 aliphatic carbocycles. The largest absolute Gasteiger partial charge is 0.394 e. The van der Waals surface area contributed by atoms with E-state index < -0.39 is 30.7 Å². The second-order valence-corrected chi connectivity index (χ2v) is 6.26. The smallest absolute Gasteiger partial charge is 0.184 e. The van der Waals surface area contributed by atoms with Gasteiger partial charge in [0, 0.05) is 0 Å². The van der Waals surface area contributed by atoms with Crippen molar-refractivity contribution < 1.29 is 29.5 Å². The highest BCUT2D eigenvalue weighted by Gasteiger charge is 2.45. The third-order valence-electron chi connectivity index (χ3n) is 4.39. The average Bonchev–Trinajstić information content (AvgIpc) is 2.68. The lowest BCUT2D eigenvalue weighted by Crippen LogP contribution is -2.60. The van der Waals surface area contributed by atoms with Gasteiger partial charge >= 0.3 is 0 Å². The van der Waals surface area contributed by atoms with Crippen molar-refractivity contribution in [1.29, 1.82) is 0 Å². The van der Waals surface area contributed by atoms with Gasteiger partial charge in [0.05, 0.1) is 19.8 Å². The predicted molar refractivity (Wildman–Crippen MR) is 94.0 cm³/mol. The van der Waals surface area contributed by atoms with Crippen molar-refractivity contribution in [3.63, 3.8) is 0 Å². The molecule has 1 aliphatic rings. The van der Waals surface area contributed by atoms with Gasteiger partial charge in [0.2, 0.25) is 0 Å². The Hall–Kier alpha value is -1.80. The Labute approximate surface area is 152 Å². The lowest BCUT2D eigenvalue weighted by atomic mass is 9.98. The van der Waals surface area contributed by atoms with E-state index in [0.717, 1.165) is 11.1 Å². The van der Waals surface area contributed by atoms with E-state index in [-0.39, 0.29) is 19.8 Å². The Bertz CT molecular complexity index is 650. The minimum Gasteiger partial charge on any atom is -0.394 e. The maximum absolute atomic E-state index is 10.7. The first-order valence-corrected chi connectivity index (χ1v) is 8.62. The molecule has 0 spiro atoms. The maximum Gasteiger partial charge on any atom is 0.184 e. The number of rotatable bonds is 7. The second-order valence-electron chi connectivity index (χ2n) is 6.26. The second kappa shape index (κ2) is 9.23. The fraction of sp³-hybridized carbons (Fsp3) is 0.400. The summed E-state index contributed by atoms with van der Waals surface area (Å²) in [5.41, 5.74) is 1.85. The fourth-order valence-corrected chi connectivity index (χ4v) is 2.98. The first-order valence-electron chi connectivity index (χ1n) is 8.62. The molecule has 6 nitrogen and oxygen atoms in total. The summed E-state index contributed by atoms with van der Waals surface area (Å²) in [5, 5.41) is 30.3. The summed E-state index contributed by atoms with van der Waals surface area (Å²) in [5.74, 6) is 0. The van der Waals surface area contributed by atoms with Gasteiger partial charge in [-0.3, -0.25) is 0 Å². The number of hydrogen-bond donors (Lipinski definition) is 3. The van der Waals surface area contributed by atoms with Crippen molar-refractivity contribution >= 4 is 0 Å². The molecule has 5 atom stereocenters. The van der Waals surface area contributed by atoms with Crippen LogP contribution in [0.15, 0.2) is 60.7 Å². The fourth-order valence-electron chi connectivity index (χ4n) is 2.98. The number of ether oxygens (including phenoxy) is 3. The van der Waals surface area contributed by atoms with Gasteiger partial charge in [0.25, 0.3) is 0 Å². The van der Waals surface area contributed by atoms with Gasteiger partial charge in [-0.25, -0.2) is 0 Å². The van der Waals surface area contributed by atoms with Gasteiger partial charge in [-0.1, -0.05) is 60.7 Å². The molecule has 2 aromatic carbocycles. The van der Waals surface area contributed by atoms with Crippen molar-refractivity contribution in [3.8, 4) is 0 Å². The van der Waals surface area contributed by atoms with Crippen molar-refractivity contribution in [2.75, 3.05) is 6.61 Å². The molecule has 1 aliphatic heterocycles. The van der Waals surface area contributed by atoms with Crippen LogP contribution in [-0.4, -0.2) is 52.6 Å². The third kappa shape index (κ3) is 4.67. The molecule has 1 saturated heterocycles. The SMILES string of the molecule is OCC1O[C@@H](O)C(OCc2ccccc2)C(O)[C@H]1OCc1ccccc1. The van der Waals surface area contributed by atoms with Crippen LogP contribution in [-0.2, 0) is 27.4 Å². The average molecular weight is 360 g/mol. The van der Waals surface area contributed by atoms with E-state index in [2.05, 4.69) is 0 Å². The molecule has 2 aromatic rings. The highest BCUT2D eigenvalue weighted by atomic mass is 16.7. The van der Waals surface area contributed by atoms with Crippen molar-refractivity contribution in [3.05, 3.63) is 71.8 Å². The van der Waals surface area contributed by atoms with Crippen LogP contribution in [0.1, 0.15) is 11.1 Å². The Morgan fingerprint density at radius 1 is 0.769 bits per heavy atom. The van der Waals surface area contributed by atoms with Crippen LogP contribution in [0.4, 0.5) is 0 Å². The first kappa shape index (κ1) is 19.0. The van der Waals surface area contributed by atoms with Crippen LogP contribution in [0.25, 0.3) is 0 Å². The highest BCUT2D eigenvalue weighted by Crippen LogP contribution is 2.26. The summed E-state index contributed by atoms with van der Waals surface area (Å²) in [4.78, 5) is 0. The normalized spacial score (nSPS) is 28.8. The summed E-state index contributed by atoms with van der Waals surface area (Å²) in [6.45, 7) is 0.0983. The number of benzene rings is 2. The van der Waals surface area contributed by atoms with E-state index in [4.69, 9.17) is 14.2 Å². The van der Waals surface area contributed by atoms with Crippen LogP contribution in [0.5, 0.6) is 0 Å². The van der Waals surface area contributed by atoms with Crippen LogP contribution < -0.4 is 0 Å². The molecule has 3 unspecified atom stereocenters. The van der Waals surface area contributed by atoms with Crippen LogP contribution in [0.2, 0.25) is 0 Å². The summed E-state index contributed by atoms with van der Waals surface area (Å²) < 4.78 is 16.9. The maximum atomic E-state index is 10.7. The van der Waals surface area contributed by atoms with Gasteiger partial charge in [-0.15, -0.1) is 0 Å². The Kier molecular flexibility index (Phi) is 6.73. The molecule has 1 fully saturated rings. The summed E-state index contributed by atoms with van der Waals surface area (Å²) >= 11 is 0. The molecule has 26 heavy (non-hydrogen) atoms. The minimum absolute atomic E-state index is 0.220. The molecule has 0 bridgehead atoms. The topological polar surface area (TPSA) is 88.4 Å². The monoisotopic (exact) mass is 360 g/mol. The van der Waals surface area contributed by atoms with E-state index in [0.29, 0.717) is 0 Å². The Balaban J connectivity index is 1.64. The molecular weight excluding hydrogens is 336 g/mol. The van der Waals surface area contributed by atoms with Crippen LogP contribution >= 0.6 is 0 Å². The first-order chi connectivity index (χ1) is 12.7. The molecule has 0 amide bonds. The van der Waals surface area contributed by atoms with E-state index in [1.54, 1.807) is 0 Å². The van der Waals surface area contributed by atoms with Crippen LogP contribution in [0, 0.1) is 0 Å². The molecular formula is C20H24O6. The summed E-state index contributed by atoms with van der Waals surface area (Å²) in [6, 6.07) is 19.0. The quantitative estimate of drug-likeness (QED) is 0.688. The zero-order valence-corrected chi connectivity index (χ0v) is 14.3. The standard InChI is InChI=1S/C20H24O6/c21-11-16-18(24-12-14-7-3-1-4-8-14)17(22)19(20(23)26-16)25-13-15-9-5-2-6-10-15/h1-10,16-23H,11-13H2/t16?,17?,18-,19?,20+/m0/s1. The van der Waals surface area contributed by atoms with Crippen molar-refractivity contribution in [2.24, 2.45) is 0 Å². The number of aliphatic hydroxyl groups is 3. The minimum atomic E-state index is -1.34. The Morgan fingerprint density at radius 3 is 1.77 bits per heavy atom.